The molecule has 2 aromatic rings. The number of rotatable bonds is 3. The number of hydrogen-bond acceptors (Lipinski definition) is 4. The van der Waals surface area contributed by atoms with E-state index in [9.17, 15) is 9.90 Å². The molecule has 0 aliphatic rings. The first-order valence-electron chi connectivity index (χ1n) is 6.70. The Morgan fingerprint density at radius 2 is 1.76 bits per heavy atom. The third-order valence-corrected chi connectivity index (χ3v) is 3.27. The SMILES string of the molecule is CCN(C(=O)c1cc(N)cc(N)c1)c1cc(O)ccc1C. The summed E-state index contributed by atoms with van der Waals surface area (Å²) in [5.74, 6) is -0.0841. The first kappa shape index (κ1) is 14.7. The van der Waals surface area contributed by atoms with E-state index in [1.165, 1.54) is 0 Å². The average molecular weight is 285 g/mol. The Kier molecular flexibility index (Phi) is 4.03. The number of aromatic hydroxyl groups is 1. The molecule has 0 aliphatic carbocycles. The van der Waals surface area contributed by atoms with Gasteiger partial charge in [-0.15, -0.1) is 0 Å². The first-order chi connectivity index (χ1) is 9.92. The number of phenolic OH excluding ortho intramolecular Hbond substituents is 1. The van der Waals surface area contributed by atoms with Crippen LogP contribution in [0.4, 0.5) is 17.1 Å². The largest absolute Gasteiger partial charge is 0.508 e. The van der Waals surface area contributed by atoms with Crippen LogP contribution in [0.2, 0.25) is 0 Å². The lowest BCUT2D eigenvalue weighted by molar-refractivity contribution is 0.0988. The first-order valence-corrected chi connectivity index (χ1v) is 6.70. The van der Waals surface area contributed by atoms with Gasteiger partial charge in [0.05, 0.1) is 5.69 Å². The minimum Gasteiger partial charge on any atom is -0.508 e. The van der Waals surface area contributed by atoms with Gasteiger partial charge in [0.2, 0.25) is 0 Å². The van der Waals surface area contributed by atoms with E-state index in [1.54, 1.807) is 41.3 Å². The van der Waals surface area contributed by atoms with Crippen molar-refractivity contribution in [3.8, 4) is 5.75 Å². The molecule has 0 unspecified atom stereocenters. The summed E-state index contributed by atoms with van der Waals surface area (Å²) in [7, 11) is 0. The third-order valence-electron chi connectivity index (χ3n) is 3.27. The normalized spacial score (nSPS) is 10.4. The van der Waals surface area contributed by atoms with Crippen molar-refractivity contribution in [2.45, 2.75) is 13.8 Å². The van der Waals surface area contributed by atoms with Crippen molar-refractivity contribution < 1.29 is 9.90 Å². The van der Waals surface area contributed by atoms with Crippen LogP contribution >= 0.6 is 0 Å². The molecule has 0 radical (unpaired) electrons. The molecular formula is C16H19N3O2. The fourth-order valence-electron chi connectivity index (χ4n) is 2.27. The van der Waals surface area contributed by atoms with Crippen LogP contribution in [-0.4, -0.2) is 17.6 Å². The van der Waals surface area contributed by atoms with E-state index >= 15 is 0 Å². The fraction of sp³-hybridized carbons (Fsp3) is 0.188. The van der Waals surface area contributed by atoms with Crippen LogP contribution in [0.25, 0.3) is 0 Å². The maximum Gasteiger partial charge on any atom is 0.258 e. The summed E-state index contributed by atoms with van der Waals surface area (Å²) in [6.45, 7) is 4.23. The molecule has 0 aromatic heterocycles. The van der Waals surface area contributed by atoms with Crippen LogP contribution in [0.1, 0.15) is 22.8 Å². The lowest BCUT2D eigenvalue weighted by Gasteiger charge is -2.23. The molecule has 5 N–H and O–H groups in total. The number of phenols is 1. The smallest absolute Gasteiger partial charge is 0.258 e. The Morgan fingerprint density at radius 3 is 2.33 bits per heavy atom. The summed E-state index contributed by atoms with van der Waals surface area (Å²) < 4.78 is 0. The van der Waals surface area contributed by atoms with Crippen molar-refractivity contribution in [3.05, 3.63) is 47.5 Å². The Balaban J connectivity index is 2.45. The van der Waals surface area contributed by atoms with E-state index in [4.69, 9.17) is 11.5 Å². The molecule has 21 heavy (non-hydrogen) atoms. The molecule has 2 rings (SSSR count). The van der Waals surface area contributed by atoms with Crippen LogP contribution in [0.15, 0.2) is 36.4 Å². The molecular weight excluding hydrogens is 266 g/mol. The highest BCUT2D eigenvalue weighted by atomic mass is 16.3. The number of carbonyl (C=O) groups excluding carboxylic acids is 1. The molecule has 5 nitrogen and oxygen atoms in total. The molecule has 5 heteroatoms. The summed E-state index contributed by atoms with van der Waals surface area (Å²) in [4.78, 5) is 14.3. The van der Waals surface area contributed by atoms with Crippen LogP contribution in [-0.2, 0) is 0 Å². The molecule has 0 heterocycles. The lowest BCUT2D eigenvalue weighted by atomic mass is 10.1. The Morgan fingerprint density at radius 1 is 1.14 bits per heavy atom. The van der Waals surface area contributed by atoms with Gasteiger partial charge in [-0.1, -0.05) is 6.07 Å². The summed E-state index contributed by atoms with van der Waals surface area (Å²) in [5.41, 5.74) is 14.4. The molecule has 0 spiro atoms. The predicted molar refractivity (Wildman–Crippen MR) is 85.5 cm³/mol. The van der Waals surface area contributed by atoms with Crippen molar-refractivity contribution in [1.29, 1.82) is 0 Å². The van der Waals surface area contributed by atoms with Gasteiger partial charge in [0.1, 0.15) is 5.75 Å². The van der Waals surface area contributed by atoms with E-state index in [0.29, 0.717) is 29.2 Å². The van der Waals surface area contributed by atoms with Crippen LogP contribution in [0.3, 0.4) is 0 Å². The van der Waals surface area contributed by atoms with Gasteiger partial charge in [-0.05, 0) is 43.7 Å². The minimum absolute atomic E-state index is 0.119. The van der Waals surface area contributed by atoms with Crippen molar-refractivity contribution >= 4 is 23.0 Å². The summed E-state index contributed by atoms with van der Waals surface area (Å²) in [5, 5.41) is 9.64. The van der Waals surface area contributed by atoms with Gasteiger partial charge in [0.15, 0.2) is 0 Å². The van der Waals surface area contributed by atoms with Gasteiger partial charge in [-0.3, -0.25) is 4.79 Å². The van der Waals surface area contributed by atoms with Gasteiger partial charge in [0, 0.05) is 29.5 Å². The van der Waals surface area contributed by atoms with Crippen LogP contribution < -0.4 is 16.4 Å². The summed E-state index contributed by atoms with van der Waals surface area (Å²) in [6.07, 6.45) is 0. The molecule has 0 bridgehead atoms. The van der Waals surface area contributed by atoms with Gasteiger partial charge in [-0.25, -0.2) is 0 Å². The molecule has 110 valence electrons. The third kappa shape index (κ3) is 3.08. The highest BCUT2D eigenvalue weighted by Crippen LogP contribution is 2.27. The van der Waals surface area contributed by atoms with E-state index in [2.05, 4.69) is 0 Å². The second kappa shape index (κ2) is 5.75. The van der Waals surface area contributed by atoms with Gasteiger partial charge in [0.25, 0.3) is 5.91 Å². The van der Waals surface area contributed by atoms with Crippen LogP contribution in [0.5, 0.6) is 5.75 Å². The number of aryl methyl sites for hydroxylation is 1. The van der Waals surface area contributed by atoms with Crippen molar-refractivity contribution in [3.63, 3.8) is 0 Å². The summed E-state index contributed by atoms with van der Waals surface area (Å²) >= 11 is 0. The zero-order valence-electron chi connectivity index (χ0n) is 12.1. The number of benzene rings is 2. The molecule has 2 aromatic carbocycles. The zero-order chi connectivity index (χ0) is 15.6. The second-order valence-electron chi connectivity index (χ2n) is 4.91. The average Bonchev–Trinajstić information content (AvgIpc) is 2.42. The monoisotopic (exact) mass is 285 g/mol. The standard InChI is InChI=1S/C16H19N3O2/c1-3-19(15-9-14(20)5-4-10(15)2)16(21)11-6-12(17)8-13(18)7-11/h4-9,20H,3,17-18H2,1-2H3. The Hall–Kier alpha value is -2.69. The minimum atomic E-state index is -0.204. The Labute approximate surface area is 123 Å². The molecule has 0 saturated carbocycles. The van der Waals surface area contributed by atoms with Crippen molar-refractivity contribution in [2.75, 3.05) is 22.9 Å². The molecule has 0 saturated heterocycles. The predicted octanol–water partition coefficient (Wildman–Crippen LogP) is 2.53. The highest BCUT2D eigenvalue weighted by molar-refractivity contribution is 6.07. The number of nitrogens with zero attached hydrogens (tertiary/aromatic N) is 1. The van der Waals surface area contributed by atoms with Gasteiger partial charge < -0.3 is 21.5 Å². The quantitative estimate of drug-likeness (QED) is 0.755. The maximum absolute atomic E-state index is 12.7. The number of amides is 1. The molecule has 0 aliphatic heterocycles. The zero-order valence-corrected chi connectivity index (χ0v) is 12.1. The molecule has 1 amide bonds. The number of hydrogen-bond donors (Lipinski definition) is 3. The number of nitrogens with two attached hydrogens (primary N) is 2. The van der Waals surface area contributed by atoms with Crippen LogP contribution in [0, 0.1) is 6.92 Å². The summed E-state index contributed by atoms with van der Waals surface area (Å²) in [6, 6.07) is 9.74. The topological polar surface area (TPSA) is 92.6 Å². The Bertz CT molecular complexity index is 663. The number of carbonyl (C=O) groups is 1. The second-order valence-corrected chi connectivity index (χ2v) is 4.91. The van der Waals surface area contributed by atoms with E-state index in [-0.39, 0.29) is 11.7 Å². The van der Waals surface area contributed by atoms with Crippen molar-refractivity contribution in [1.82, 2.24) is 0 Å². The molecule has 0 fully saturated rings. The highest BCUT2D eigenvalue weighted by Gasteiger charge is 2.19. The van der Waals surface area contributed by atoms with Gasteiger partial charge in [-0.2, -0.15) is 0 Å². The van der Waals surface area contributed by atoms with E-state index in [0.717, 1.165) is 5.56 Å². The van der Waals surface area contributed by atoms with Crippen molar-refractivity contribution in [2.24, 2.45) is 0 Å². The number of nitrogen functional groups attached to an aromatic ring is 2. The lowest BCUT2D eigenvalue weighted by Crippen LogP contribution is -2.31. The van der Waals surface area contributed by atoms with Gasteiger partial charge >= 0.3 is 0 Å². The fourth-order valence-corrected chi connectivity index (χ4v) is 2.27. The number of anilines is 3. The van der Waals surface area contributed by atoms with E-state index < -0.39 is 0 Å². The maximum atomic E-state index is 12.7. The molecule has 0 atom stereocenters. The van der Waals surface area contributed by atoms with E-state index in [1.807, 2.05) is 13.8 Å².